The average Bonchev–Trinajstić information content (AvgIpc) is 2.66. The van der Waals surface area contributed by atoms with Crippen LogP contribution in [0.4, 0.5) is 0 Å². The van der Waals surface area contributed by atoms with Crippen molar-refractivity contribution >= 4 is 17.7 Å². The summed E-state index contributed by atoms with van der Waals surface area (Å²) in [7, 11) is 0. The third kappa shape index (κ3) is 4.65. The van der Waals surface area contributed by atoms with E-state index in [1.807, 2.05) is 6.92 Å². The first kappa shape index (κ1) is 13.0. The molecule has 0 fully saturated rings. The number of aromatic nitrogens is 3. The van der Waals surface area contributed by atoms with Gasteiger partial charge in [-0.15, -0.1) is 11.8 Å². The number of nitrogens with one attached hydrogen (secondary N) is 2. The zero-order valence-corrected chi connectivity index (χ0v) is 10.9. The molecule has 1 amide bonds. The van der Waals surface area contributed by atoms with Crippen LogP contribution in [0.3, 0.4) is 0 Å². The second-order valence-electron chi connectivity index (χ2n) is 4.56. The Hall–Kier alpha value is -1.04. The maximum atomic E-state index is 11.6. The monoisotopic (exact) mass is 242 g/mol. The van der Waals surface area contributed by atoms with Gasteiger partial charge in [-0.2, -0.15) is 5.10 Å². The SMILES string of the molecule is CC(NC(=O)CSC(C)(C)C)c1ncn[nH]1. The van der Waals surface area contributed by atoms with Gasteiger partial charge >= 0.3 is 0 Å². The molecule has 0 aliphatic heterocycles. The number of rotatable bonds is 4. The van der Waals surface area contributed by atoms with Crippen molar-refractivity contribution in [3.05, 3.63) is 12.2 Å². The Morgan fingerprint density at radius 3 is 2.81 bits per heavy atom. The number of aromatic amines is 1. The molecular formula is C10H18N4OS. The highest BCUT2D eigenvalue weighted by Gasteiger charge is 2.16. The van der Waals surface area contributed by atoms with Crippen LogP contribution in [0.25, 0.3) is 0 Å². The van der Waals surface area contributed by atoms with E-state index < -0.39 is 0 Å². The van der Waals surface area contributed by atoms with Gasteiger partial charge in [0.15, 0.2) is 0 Å². The van der Waals surface area contributed by atoms with E-state index in [4.69, 9.17) is 0 Å². The topological polar surface area (TPSA) is 70.7 Å². The molecule has 0 spiro atoms. The first-order valence-electron chi connectivity index (χ1n) is 5.17. The summed E-state index contributed by atoms with van der Waals surface area (Å²) < 4.78 is 0.104. The first-order valence-corrected chi connectivity index (χ1v) is 6.15. The second-order valence-corrected chi connectivity index (χ2v) is 6.36. The fourth-order valence-electron chi connectivity index (χ4n) is 1.06. The van der Waals surface area contributed by atoms with Gasteiger partial charge in [-0.3, -0.25) is 9.89 Å². The van der Waals surface area contributed by atoms with E-state index in [1.54, 1.807) is 11.8 Å². The lowest BCUT2D eigenvalue weighted by molar-refractivity contribution is -0.119. The molecule has 0 saturated carbocycles. The summed E-state index contributed by atoms with van der Waals surface area (Å²) in [6.07, 6.45) is 1.43. The zero-order valence-electron chi connectivity index (χ0n) is 10.1. The predicted molar refractivity (Wildman–Crippen MR) is 65.2 cm³/mol. The van der Waals surface area contributed by atoms with Crippen LogP contribution >= 0.6 is 11.8 Å². The fraction of sp³-hybridized carbons (Fsp3) is 0.700. The van der Waals surface area contributed by atoms with Gasteiger partial charge in [-0.05, 0) is 6.92 Å². The Bertz CT molecular complexity index is 331. The minimum Gasteiger partial charge on any atom is -0.346 e. The summed E-state index contributed by atoms with van der Waals surface area (Å²) in [5.41, 5.74) is 0. The van der Waals surface area contributed by atoms with E-state index in [0.29, 0.717) is 11.6 Å². The van der Waals surface area contributed by atoms with E-state index in [2.05, 4.69) is 41.3 Å². The highest BCUT2D eigenvalue weighted by Crippen LogP contribution is 2.22. The zero-order chi connectivity index (χ0) is 12.2. The third-order valence-corrected chi connectivity index (χ3v) is 3.13. The van der Waals surface area contributed by atoms with Gasteiger partial charge in [0, 0.05) is 4.75 Å². The lowest BCUT2D eigenvalue weighted by Gasteiger charge is -2.18. The number of hydrogen-bond donors (Lipinski definition) is 2. The molecule has 2 N–H and O–H groups in total. The van der Waals surface area contributed by atoms with Crippen molar-refractivity contribution in [3.63, 3.8) is 0 Å². The maximum absolute atomic E-state index is 11.6. The Kier molecular flexibility index (Phi) is 4.35. The predicted octanol–water partition coefficient (Wildman–Crippen LogP) is 1.51. The minimum atomic E-state index is -0.129. The van der Waals surface area contributed by atoms with Gasteiger partial charge < -0.3 is 5.32 Å². The van der Waals surface area contributed by atoms with E-state index >= 15 is 0 Å². The van der Waals surface area contributed by atoms with Crippen LogP contribution < -0.4 is 5.32 Å². The Morgan fingerprint density at radius 1 is 1.62 bits per heavy atom. The number of carbonyl (C=O) groups is 1. The van der Waals surface area contributed by atoms with Crippen molar-refractivity contribution in [1.82, 2.24) is 20.5 Å². The number of hydrogen-bond acceptors (Lipinski definition) is 4. The Morgan fingerprint density at radius 2 is 2.31 bits per heavy atom. The van der Waals surface area contributed by atoms with Crippen LogP contribution in [0.1, 0.15) is 39.6 Å². The van der Waals surface area contributed by atoms with Crippen LogP contribution in [0.2, 0.25) is 0 Å². The Balaban J connectivity index is 2.35. The van der Waals surface area contributed by atoms with Crippen LogP contribution in [0.5, 0.6) is 0 Å². The third-order valence-electron chi connectivity index (χ3n) is 1.86. The lowest BCUT2D eigenvalue weighted by atomic mass is 10.3. The van der Waals surface area contributed by atoms with Crippen LogP contribution in [0.15, 0.2) is 6.33 Å². The summed E-state index contributed by atoms with van der Waals surface area (Å²) in [5.74, 6) is 1.15. The average molecular weight is 242 g/mol. The molecular weight excluding hydrogens is 224 g/mol. The molecule has 0 saturated heterocycles. The summed E-state index contributed by atoms with van der Waals surface area (Å²) in [6.45, 7) is 8.14. The Labute approximate surface area is 99.8 Å². The highest BCUT2D eigenvalue weighted by atomic mass is 32.2. The van der Waals surface area contributed by atoms with Crippen molar-refractivity contribution in [1.29, 1.82) is 0 Å². The number of thioether (sulfide) groups is 1. The number of nitrogens with zero attached hydrogens (tertiary/aromatic N) is 2. The molecule has 16 heavy (non-hydrogen) atoms. The lowest BCUT2D eigenvalue weighted by Crippen LogP contribution is -2.30. The van der Waals surface area contributed by atoms with Gasteiger partial charge in [-0.25, -0.2) is 4.98 Å². The quantitative estimate of drug-likeness (QED) is 0.839. The van der Waals surface area contributed by atoms with E-state index in [0.717, 1.165) is 0 Å². The summed E-state index contributed by atoms with van der Waals surface area (Å²) in [6, 6.07) is -0.129. The summed E-state index contributed by atoms with van der Waals surface area (Å²) >= 11 is 1.62. The molecule has 0 radical (unpaired) electrons. The number of amides is 1. The highest BCUT2D eigenvalue weighted by molar-refractivity contribution is 8.01. The molecule has 0 aromatic carbocycles. The van der Waals surface area contributed by atoms with Crippen molar-refractivity contribution < 1.29 is 4.79 Å². The maximum Gasteiger partial charge on any atom is 0.230 e. The molecule has 1 rings (SSSR count). The molecule has 6 heteroatoms. The molecule has 1 heterocycles. The summed E-state index contributed by atoms with van der Waals surface area (Å²) in [4.78, 5) is 15.6. The van der Waals surface area contributed by atoms with E-state index in [-0.39, 0.29) is 16.7 Å². The van der Waals surface area contributed by atoms with Crippen LogP contribution in [-0.2, 0) is 4.79 Å². The number of carbonyl (C=O) groups excluding carboxylic acids is 1. The molecule has 0 aliphatic rings. The summed E-state index contributed by atoms with van der Waals surface area (Å²) in [5, 5.41) is 9.34. The van der Waals surface area contributed by atoms with Crippen molar-refractivity contribution in [2.24, 2.45) is 0 Å². The van der Waals surface area contributed by atoms with Crippen molar-refractivity contribution in [2.45, 2.75) is 38.5 Å². The van der Waals surface area contributed by atoms with E-state index in [1.165, 1.54) is 6.33 Å². The fourth-order valence-corrected chi connectivity index (χ4v) is 1.70. The second kappa shape index (κ2) is 5.34. The first-order chi connectivity index (χ1) is 7.38. The van der Waals surface area contributed by atoms with Gasteiger partial charge in [0.25, 0.3) is 0 Å². The molecule has 90 valence electrons. The van der Waals surface area contributed by atoms with E-state index in [9.17, 15) is 4.79 Å². The molecule has 1 aromatic heterocycles. The molecule has 0 aliphatic carbocycles. The normalized spacial score (nSPS) is 13.5. The van der Waals surface area contributed by atoms with Crippen LogP contribution in [0, 0.1) is 0 Å². The van der Waals surface area contributed by atoms with Gasteiger partial charge in [0.1, 0.15) is 12.2 Å². The largest absolute Gasteiger partial charge is 0.346 e. The number of H-pyrrole nitrogens is 1. The van der Waals surface area contributed by atoms with Crippen LogP contribution in [-0.4, -0.2) is 31.6 Å². The molecule has 1 aromatic rings. The van der Waals surface area contributed by atoms with Crippen molar-refractivity contribution in [2.75, 3.05) is 5.75 Å². The van der Waals surface area contributed by atoms with Crippen molar-refractivity contribution in [3.8, 4) is 0 Å². The standard InChI is InChI=1S/C10H18N4OS/c1-7(9-11-6-12-14-9)13-8(15)5-16-10(2,3)4/h6-7H,5H2,1-4H3,(H,13,15)(H,11,12,14). The van der Waals surface area contributed by atoms with Gasteiger partial charge in [-0.1, -0.05) is 20.8 Å². The molecule has 1 unspecified atom stereocenters. The van der Waals surface area contributed by atoms with Gasteiger partial charge in [0.2, 0.25) is 5.91 Å². The molecule has 1 atom stereocenters. The molecule has 0 bridgehead atoms. The van der Waals surface area contributed by atoms with Gasteiger partial charge in [0.05, 0.1) is 11.8 Å². The molecule has 5 nitrogen and oxygen atoms in total. The smallest absolute Gasteiger partial charge is 0.230 e. The minimum absolute atomic E-state index is 0.0174.